The van der Waals surface area contributed by atoms with Gasteiger partial charge in [-0.25, -0.2) is 0 Å². The van der Waals surface area contributed by atoms with Crippen molar-refractivity contribution >= 4 is 6.08 Å². The average molecular weight is 230 g/mol. The zero-order valence-electron chi connectivity index (χ0n) is 9.83. The van der Waals surface area contributed by atoms with Gasteiger partial charge in [0.2, 0.25) is 0 Å². The van der Waals surface area contributed by atoms with Gasteiger partial charge in [-0.2, -0.15) is 0 Å². The SMILES string of the molecule is C=C[C@H]1CO[C@H](/C=C/c2ccccc2)C[C@H]1O. The lowest BCUT2D eigenvalue weighted by molar-refractivity contribution is -0.0486. The van der Waals surface area contributed by atoms with Crippen molar-refractivity contribution in [3.8, 4) is 0 Å². The van der Waals surface area contributed by atoms with E-state index in [2.05, 4.69) is 6.58 Å². The van der Waals surface area contributed by atoms with Crippen molar-refractivity contribution in [1.29, 1.82) is 0 Å². The van der Waals surface area contributed by atoms with Gasteiger partial charge in [-0.3, -0.25) is 0 Å². The molecule has 0 saturated carbocycles. The fourth-order valence-corrected chi connectivity index (χ4v) is 1.97. The zero-order chi connectivity index (χ0) is 12.1. The van der Waals surface area contributed by atoms with Gasteiger partial charge in [0.25, 0.3) is 0 Å². The minimum atomic E-state index is -0.341. The lowest BCUT2D eigenvalue weighted by Gasteiger charge is -2.30. The summed E-state index contributed by atoms with van der Waals surface area (Å²) in [5.74, 6) is 0.0661. The Morgan fingerprint density at radius 1 is 1.29 bits per heavy atom. The van der Waals surface area contributed by atoms with Crippen LogP contribution in [0.5, 0.6) is 0 Å². The summed E-state index contributed by atoms with van der Waals surface area (Å²) >= 11 is 0. The third kappa shape index (κ3) is 3.29. The molecule has 2 nitrogen and oxygen atoms in total. The first-order valence-corrected chi connectivity index (χ1v) is 5.95. The Balaban J connectivity index is 1.93. The molecule has 1 aliphatic heterocycles. The predicted molar refractivity (Wildman–Crippen MR) is 69.5 cm³/mol. The maximum absolute atomic E-state index is 9.85. The Labute approximate surface area is 102 Å². The predicted octanol–water partition coefficient (Wildman–Crippen LogP) is 2.65. The molecule has 1 aliphatic rings. The summed E-state index contributed by atoms with van der Waals surface area (Å²) in [6.45, 7) is 4.25. The number of hydrogen-bond donors (Lipinski definition) is 1. The van der Waals surface area contributed by atoms with Gasteiger partial charge in [-0.05, 0) is 5.56 Å². The summed E-state index contributed by atoms with van der Waals surface area (Å²) in [5.41, 5.74) is 1.15. The molecule has 0 unspecified atom stereocenters. The summed E-state index contributed by atoms with van der Waals surface area (Å²) in [5, 5.41) is 9.85. The Kier molecular flexibility index (Phi) is 4.13. The topological polar surface area (TPSA) is 29.5 Å². The maximum atomic E-state index is 9.85. The summed E-state index contributed by atoms with van der Waals surface area (Å²) in [6, 6.07) is 10.1. The summed E-state index contributed by atoms with van der Waals surface area (Å²) in [7, 11) is 0. The van der Waals surface area contributed by atoms with E-state index in [1.54, 1.807) is 6.08 Å². The van der Waals surface area contributed by atoms with Gasteiger partial charge in [-0.15, -0.1) is 6.58 Å². The monoisotopic (exact) mass is 230 g/mol. The first-order chi connectivity index (χ1) is 8.29. The molecule has 2 rings (SSSR count). The van der Waals surface area contributed by atoms with Crippen molar-refractivity contribution in [3.63, 3.8) is 0 Å². The highest BCUT2D eigenvalue weighted by molar-refractivity contribution is 5.49. The van der Waals surface area contributed by atoms with Gasteiger partial charge in [-0.1, -0.05) is 48.6 Å². The molecule has 1 N–H and O–H groups in total. The molecule has 3 atom stereocenters. The fraction of sp³-hybridized carbons (Fsp3) is 0.333. The number of hydrogen-bond acceptors (Lipinski definition) is 2. The van der Waals surface area contributed by atoms with E-state index in [1.807, 2.05) is 42.5 Å². The lowest BCUT2D eigenvalue weighted by Crippen LogP contribution is -2.35. The molecule has 1 heterocycles. The molecule has 0 amide bonds. The molecule has 0 bridgehead atoms. The largest absolute Gasteiger partial charge is 0.392 e. The second-order valence-electron chi connectivity index (χ2n) is 4.34. The first-order valence-electron chi connectivity index (χ1n) is 5.95. The molecular formula is C15H18O2. The van der Waals surface area contributed by atoms with Crippen LogP contribution in [0.1, 0.15) is 12.0 Å². The molecule has 2 heteroatoms. The van der Waals surface area contributed by atoms with Crippen LogP contribution in [0, 0.1) is 5.92 Å². The van der Waals surface area contributed by atoms with Crippen molar-refractivity contribution in [2.24, 2.45) is 5.92 Å². The van der Waals surface area contributed by atoms with Gasteiger partial charge in [0, 0.05) is 12.3 Å². The van der Waals surface area contributed by atoms with E-state index in [1.165, 1.54) is 0 Å². The van der Waals surface area contributed by atoms with E-state index in [-0.39, 0.29) is 18.1 Å². The standard InChI is InChI=1S/C15H18O2/c1-2-13-11-17-14(10-15(13)16)9-8-12-6-4-3-5-7-12/h2-9,13-16H,1,10-11H2/b9-8+/t13-,14+,15+/m0/s1. The lowest BCUT2D eigenvalue weighted by atomic mass is 9.95. The van der Waals surface area contributed by atoms with E-state index < -0.39 is 0 Å². The molecule has 90 valence electrons. The van der Waals surface area contributed by atoms with Crippen LogP contribution in [0.25, 0.3) is 6.08 Å². The van der Waals surface area contributed by atoms with Crippen molar-refractivity contribution in [2.75, 3.05) is 6.61 Å². The molecule has 17 heavy (non-hydrogen) atoms. The first kappa shape index (κ1) is 12.1. The summed E-state index contributed by atoms with van der Waals surface area (Å²) in [6.07, 6.45) is 6.11. The smallest absolute Gasteiger partial charge is 0.0784 e. The van der Waals surface area contributed by atoms with E-state index in [9.17, 15) is 5.11 Å². The molecule has 0 spiro atoms. The van der Waals surface area contributed by atoms with Crippen molar-refractivity contribution in [2.45, 2.75) is 18.6 Å². The highest BCUT2D eigenvalue weighted by Crippen LogP contribution is 2.21. The van der Waals surface area contributed by atoms with Gasteiger partial charge < -0.3 is 9.84 Å². The van der Waals surface area contributed by atoms with Crippen LogP contribution in [0.2, 0.25) is 0 Å². The van der Waals surface area contributed by atoms with Crippen LogP contribution in [-0.2, 0) is 4.74 Å². The Morgan fingerprint density at radius 2 is 2.06 bits per heavy atom. The van der Waals surface area contributed by atoms with Crippen LogP contribution in [-0.4, -0.2) is 23.9 Å². The average Bonchev–Trinajstić information content (AvgIpc) is 2.38. The van der Waals surface area contributed by atoms with Crippen LogP contribution in [0.3, 0.4) is 0 Å². The Hall–Kier alpha value is -1.38. The van der Waals surface area contributed by atoms with Crippen LogP contribution in [0.15, 0.2) is 49.1 Å². The van der Waals surface area contributed by atoms with Crippen molar-refractivity contribution in [1.82, 2.24) is 0 Å². The Bertz CT molecular complexity index is 383. The summed E-state index contributed by atoms with van der Waals surface area (Å²) in [4.78, 5) is 0. The van der Waals surface area contributed by atoms with Gasteiger partial charge in [0.05, 0.1) is 18.8 Å². The normalized spacial score (nSPS) is 29.4. The molecule has 0 aliphatic carbocycles. The third-order valence-electron chi connectivity index (χ3n) is 3.08. The minimum absolute atomic E-state index is 0.00130. The van der Waals surface area contributed by atoms with E-state index in [0.29, 0.717) is 13.0 Å². The zero-order valence-corrected chi connectivity index (χ0v) is 9.83. The number of benzene rings is 1. The number of ether oxygens (including phenoxy) is 1. The van der Waals surface area contributed by atoms with Crippen LogP contribution >= 0.6 is 0 Å². The van der Waals surface area contributed by atoms with Gasteiger partial charge in [0.15, 0.2) is 0 Å². The molecule has 1 fully saturated rings. The fourth-order valence-electron chi connectivity index (χ4n) is 1.97. The number of rotatable bonds is 3. The van der Waals surface area contributed by atoms with E-state index in [4.69, 9.17) is 4.74 Å². The van der Waals surface area contributed by atoms with Crippen LogP contribution < -0.4 is 0 Å². The minimum Gasteiger partial charge on any atom is -0.392 e. The molecule has 1 aromatic carbocycles. The molecule has 0 radical (unpaired) electrons. The molecule has 1 aromatic rings. The Morgan fingerprint density at radius 3 is 2.71 bits per heavy atom. The highest BCUT2D eigenvalue weighted by atomic mass is 16.5. The number of aliphatic hydroxyl groups excluding tert-OH is 1. The van der Waals surface area contributed by atoms with E-state index >= 15 is 0 Å². The third-order valence-corrected chi connectivity index (χ3v) is 3.08. The van der Waals surface area contributed by atoms with E-state index in [0.717, 1.165) is 5.56 Å². The van der Waals surface area contributed by atoms with Crippen molar-refractivity contribution < 1.29 is 9.84 Å². The van der Waals surface area contributed by atoms with Gasteiger partial charge in [0.1, 0.15) is 0 Å². The second kappa shape index (κ2) is 5.80. The molecule has 1 saturated heterocycles. The van der Waals surface area contributed by atoms with Crippen molar-refractivity contribution in [3.05, 3.63) is 54.6 Å². The highest BCUT2D eigenvalue weighted by Gasteiger charge is 2.26. The quantitative estimate of drug-likeness (QED) is 0.809. The van der Waals surface area contributed by atoms with Gasteiger partial charge >= 0.3 is 0 Å². The number of aliphatic hydroxyl groups is 1. The van der Waals surface area contributed by atoms with Crippen LogP contribution in [0.4, 0.5) is 0 Å². The maximum Gasteiger partial charge on any atom is 0.0784 e. The second-order valence-corrected chi connectivity index (χ2v) is 4.34. The summed E-state index contributed by atoms with van der Waals surface area (Å²) < 4.78 is 5.66. The molecule has 0 aromatic heterocycles. The molecular weight excluding hydrogens is 212 g/mol.